The molecule has 4 rings (SSSR count). The van der Waals surface area contributed by atoms with Gasteiger partial charge in [-0.2, -0.15) is 0 Å². The molecular weight excluding hydrogens is 333 g/mol. The molecule has 0 aromatic heterocycles. The third-order valence-electron chi connectivity index (χ3n) is 5.97. The molecule has 6 heteroatoms. The summed E-state index contributed by atoms with van der Waals surface area (Å²) >= 11 is 0. The topological polar surface area (TPSA) is 61.4 Å². The van der Waals surface area contributed by atoms with Crippen LogP contribution in [0.15, 0.2) is 24.3 Å². The van der Waals surface area contributed by atoms with E-state index in [-0.39, 0.29) is 29.2 Å². The van der Waals surface area contributed by atoms with E-state index in [9.17, 15) is 14.0 Å². The molecule has 0 atom stereocenters. The molecule has 2 N–H and O–H groups in total. The lowest BCUT2D eigenvalue weighted by Crippen LogP contribution is -2.50. The Morgan fingerprint density at radius 1 is 1.08 bits per heavy atom. The van der Waals surface area contributed by atoms with Gasteiger partial charge in [0.25, 0.3) is 0 Å². The Balaban J connectivity index is 1.21. The van der Waals surface area contributed by atoms with Crippen molar-refractivity contribution in [1.29, 1.82) is 0 Å². The number of urea groups is 1. The highest BCUT2D eigenvalue weighted by molar-refractivity contribution is 5.81. The van der Waals surface area contributed by atoms with Gasteiger partial charge < -0.3 is 15.5 Å². The number of rotatable bonds is 5. The molecule has 5 nitrogen and oxygen atoms in total. The Morgan fingerprint density at radius 3 is 2.31 bits per heavy atom. The number of benzene rings is 1. The van der Waals surface area contributed by atoms with Crippen molar-refractivity contribution < 1.29 is 14.0 Å². The van der Waals surface area contributed by atoms with Crippen LogP contribution in [0.3, 0.4) is 0 Å². The molecule has 0 radical (unpaired) electrons. The van der Waals surface area contributed by atoms with Crippen LogP contribution in [0, 0.1) is 11.7 Å². The number of nitrogens with one attached hydrogen (secondary N) is 2. The van der Waals surface area contributed by atoms with E-state index < -0.39 is 0 Å². The van der Waals surface area contributed by atoms with Gasteiger partial charge in [-0.25, -0.2) is 9.18 Å². The van der Waals surface area contributed by atoms with Crippen LogP contribution in [-0.2, 0) is 10.2 Å². The molecule has 3 aliphatic rings. The minimum absolute atomic E-state index is 0.0366. The van der Waals surface area contributed by atoms with Crippen LogP contribution >= 0.6 is 0 Å². The first kappa shape index (κ1) is 17.3. The number of hydrogen-bond acceptors (Lipinski definition) is 2. The highest BCUT2D eigenvalue weighted by atomic mass is 19.1. The molecule has 0 bridgehead atoms. The third-order valence-corrected chi connectivity index (χ3v) is 5.97. The van der Waals surface area contributed by atoms with Crippen LogP contribution in [0.1, 0.15) is 44.1 Å². The molecule has 1 aromatic rings. The average molecular weight is 359 g/mol. The molecule has 1 heterocycles. The highest BCUT2D eigenvalue weighted by Crippen LogP contribution is 2.47. The zero-order valence-corrected chi connectivity index (χ0v) is 15.0. The number of carbonyl (C=O) groups excluding carboxylic acids is 2. The normalized spacial score (nSPS) is 22.0. The van der Waals surface area contributed by atoms with Gasteiger partial charge in [-0.15, -0.1) is 0 Å². The van der Waals surface area contributed by atoms with E-state index in [4.69, 9.17) is 0 Å². The first-order chi connectivity index (χ1) is 12.6. The van der Waals surface area contributed by atoms with Crippen molar-refractivity contribution in [2.75, 3.05) is 19.6 Å². The summed E-state index contributed by atoms with van der Waals surface area (Å²) in [5, 5.41) is 6.02. The van der Waals surface area contributed by atoms with Gasteiger partial charge in [0.15, 0.2) is 0 Å². The van der Waals surface area contributed by atoms with E-state index in [1.807, 2.05) is 17.0 Å². The van der Waals surface area contributed by atoms with Gasteiger partial charge in [0.1, 0.15) is 5.82 Å². The van der Waals surface area contributed by atoms with Crippen molar-refractivity contribution >= 4 is 11.9 Å². The summed E-state index contributed by atoms with van der Waals surface area (Å²) in [5.74, 6) is 0.327. The van der Waals surface area contributed by atoms with Gasteiger partial charge in [-0.3, -0.25) is 4.79 Å². The molecule has 2 aliphatic carbocycles. The summed E-state index contributed by atoms with van der Waals surface area (Å²) < 4.78 is 13.1. The standard InChI is InChI=1S/C20H26FN3O2/c21-16-5-3-15(4-6-16)20(9-10-20)13-22-19(26)23-17-7-11-24(12-8-17)18(25)14-1-2-14/h3-6,14,17H,1-2,7-13H2,(H2,22,23,26). The van der Waals surface area contributed by atoms with Gasteiger partial charge in [0.2, 0.25) is 5.91 Å². The van der Waals surface area contributed by atoms with E-state index in [2.05, 4.69) is 10.6 Å². The smallest absolute Gasteiger partial charge is 0.315 e. The summed E-state index contributed by atoms with van der Waals surface area (Å²) in [4.78, 5) is 26.3. The Labute approximate surface area is 153 Å². The zero-order valence-electron chi connectivity index (χ0n) is 15.0. The number of amides is 3. The quantitative estimate of drug-likeness (QED) is 0.849. The molecule has 140 valence electrons. The van der Waals surface area contributed by atoms with Crippen molar-refractivity contribution in [2.24, 2.45) is 5.92 Å². The lowest BCUT2D eigenvalue weighted by Gasteiger charge is -2.32. The second kappa shape index (κ2) is 6.89. The molecule has 1 aliphatic heterocycles. The maximum absolute atomic E-state index is 13.1. The first-order valence-corrected chi connectivity index (χ1v) is 9.65. The van der Waals surface area contributed by atoms with Crippen LogP contribution in [0.25, 0.3) is 0 Å². The SMILES string of the molecule is O=C(NCC1(c2ccc(F)cc2)CC1)NC1CCN(C(=O)C2CC2)CC1. The Morgan fingerprint density at radius 2 is 1.73 bits per heavy atom. The second-order valence-electron chi connectivity index (χ2n) is 7.99. The number of likely N-dealkylation sites (tertiary alicyclic amines) is 1. The Bertz CT molecular complexity index is 675. The van der Waals surface area contributed by atoms with E-state index >= 15 is 0 Å². The summed E-state index contributed by atoms with van der Waals surface area (Å²) in [6.07, 6.45) is 5.73. The number of nitrogens with zero attached hydrogens (tertiary/aromatic N) is 1. The predicted octanol–water partition coefficient (Wildman–Crippen LogP) is 2.56. The fourth-order valence-electron chi connectivity index (χ4n) is 3.84. The monoisotopic (exact) mass is 359 g/mol. The molecule has 3 fully saturated rings. The molecule has 26 heavy (non-hydrogen) atoms. The van der Waals surface area contributed by atoms with Crippen LogP contribution in [-0.4, -0.2) is 42.5 Å². The molecule has 1 aromatic carbocycles. The van der Waals surface area contributed by atoms with E-state index in [1.54, 1.807) is 0 Å². The van der Waals surface area contributed by atoms with Crippen molar-refractivity contribution in [3.05, 3.63) is 35.6 Å². The van der Waals surface area contributed by atoms with Gasteiger partial charge in [-0.1, -0.05) is 12.1 Å². The minimum atomic E-state index is -0.234. The Kier molecular flexibility index (Phi) is 4.59. The third kappa shape index (κ3) is 3.84. The minimum Gasteiger partial charge on any atom is -0.342 e. The van der Waals surface area contributed by atoms with Crippen LogP contribution < -0.4 is 10.6 Å². The lowest BCUT2D eigenvalue weighted by molar-refractivity contribution is -0.133. The van der Waals surface area contributed by atoms with E-state index in [0.29, 0.717) is 12.5 Å². The lowest BCUT2D eigenvalue weighted by atomic mass is 9.96. The summed E-state index contributed by atoms with van der Waals surface area (Å²) in [6.45, 7) is 2.04. The van der Waals surface area contributed by atoms with E-state index in [1.165, 1.54) is 12.1 Å². The molecular formula is C20H26FN3O2. The molecule has 0 unspecified atom stereocenters. The van der Waals surface area contributed by atoms with Gasteiger partial charge >= 0.3 is 6.03 Å². The predicted molar refractivity (Wildman–Crippen MR) is 96.2 cm³/mol. The summed E-state index contributed by atoms with van der Waals surface area (Å²) in [6, 6.07) is 6.56. The number of carbonyl (C=O) groups is 2. The average Bonchev–Trinajstić information content (AvgIpc) is 3.55. The first-order valence-electron chi connectivity index (χ1n) is 9.65. The zero-order chi connectivity index (χ0) is 18.1. The van der Waals surface area contributed by atoms with Gasteiger partial charge in [-0.05, 0) is 56.2 Å². The molecule has 1 saturated heterocycles. The van der Waals surface area contributed by atoms with Crippen molar-refractivity contribution in [3.63, 3.8) is 0 Å². The number of hydrogen-bond donors (Lipinski definition) is 2. The van der Waals surface area contributed by atoms with Gasteiger partial charge in [0, 0.05) is 37.0 Å². The van der Waals surface area contributed by atoms with Crippen molar-refractivity contribution in [2.45, 2.75) is 50.0 Å². The van der Waals surface area contributed by atoms with Crippen LogP contribution in [0.4, 0.5) is 9.18 Å². The van der Waals surface area contributed by atoms with Gasteiger partial charge in [0.05, 0.1) is 0 Å². The number of piperidine rings is 1. The maximum Gasteiger partial charge on any atom is 0.315 e. The van der Waals surface area contributed by atoms with E-state index in [0.717, 1.165) is 57.2 Å². The summed E-state index contributed by atoms with van der Waals surface area (Å²) in [5.41, 5.74) is 1.05. The maximum atomic E-state index is 13.1. The van der Waals surface area contributed by atoms with Crippen molar-refractivity contribution in [3.8, 4) is 0 Å². The van der Waals surface area contributed by atoms with Crippen LogP contribution in [0.5, 0.6) is 0 Å². The largest absolute Gasteiger partial charge is 0.342 e. The summed E-state index contributed by atoms with van der Waals surface area (Å²) in [7, 11) is 0. The molecule has 2 saturated carbocycles. The molecule has 3 amide bonds. The fraction of sp³-hybridized carbons (Fsp3) is 0.600. The molecule has 0 spiro atoms. The number of halogens is 1. The van der Waals surface area contributed by atoms with Crippen molar-refractivity contribution in [1.82, 2.24) is 15.5 Å². The second-order valence-corrected chi connectivity index (χ2v) is 7.99. The Hall–Kier alpha value is -2.11. The fourth-order valence-corrected chi connectivity index (χ4v) is 3.84. The highest BCUT2D eigenvalue weighted by Gasteiger charge is 2.44. The van der Waals surface area contributed by atoms with Crippen LogP contribution in [0.2, 0.25) is 0 Å².